The fourth-order valence-electron chi connectivity index (χ4n) is 2.76. The Morgan fingerprint density at radius 1 is 1.26 bits per heavy atom. The van der Waals surface area contributed by atoms with Crippen molar-refractivity contribution in [1.29, 1.82) is 0 Å². The molecule has 1 aliphatic heterocycles. The van der Waals surface area contributed by atoms with Gasteiger partial charge in [-0.15, -0.1) is 0 Å². The molecule has 1 unspecified atom stereocenters. The highest BCUT2D eigenvalue weighted by Gasteiger charge is 2.19. The summed E-state index contributed by atoms with van der Waals surface area (Å²) in [5, 5.41) is 0. The SMILES string of the molecule is CCCC(CN)CN1CCN(c2ccccn2)CC1. The number of aromatic nitrogens is 1. The molecule has 1 aromatic heterocycles. The highest BCUT2D eigenvalue weighted by Crippen LogP contribution is 2.14. The van der Waals surface area contributed by atoms with Crippen LogP contribution < -0.4 is 10.6 Å². The molecule has 0 aliphatic carbocycles. The minimum Gasteiger partial charge on any atom is -0.354 e. The number of rotatable bonds is 6. The topological polar surface area (TPSA) is 45.4 Å². The molecule has 2 rings (SSSR count). The third-order valence-electron chi connectivity index (χ3n) is 3.89. The van der Waals surface area contributed by atoms with Crippen LogP contribution in [0.15, 0.2) is 24.4 Å². The van der Waals surface area contributed by atoms with Gasteiger partial charge in [0.1, 0.15) is 5.82 Å². The molecular formula is C15H26N4. The molecule has 1 fully saturated rings. The second-order valence-corrected chi connectivity index (χ2v) is 5.37. The summed E-state index contributed by atoms with van der Waals surface area (Å²) < 4.78 is 0. The first kappa shape index (κ1) is 14.3. The maximum absolute atomic E-state index is 5.85. The monoisotopic (exact) mass is 262 g/mol. The maximum Gasteiger partial charge on any atom is 0.128 e. The Morgan fingerprint density at radius 3 is 2.63 bits per heavy atom. The summed E-state index contributed by atoms with van der Waals surface area (Å²) in [6, 6.07) is 6.12. The molecule has 19 heavy (non-hydrogen) atoms. The van der Waals surface area contributed by atoms with Crippen molar-refractivity contribution >= 4 is 5.82 Å². The first-order chi connectivity index (χ1) is 9.33. The molecule has 0 amide bonds. The largest absolute Gasteiger partial charge is 0.354 e. The van der Waals surface area contributed by atoms with E-state index in [1.165, 1.54) is 12.8 Å². The van der Waals surface area contributed by atoms with Gasteiger partial charge in [-0.05, 0) is 31.0 Å². The van der Waals surface area contributed by atoms with Crippen molar-refractivity contribution in [2.75, 3.05) is 44.2 Å². The molecular weight excluding hydrogens is 236 g/mol. The molecule has 4 heteroatoms. The molecule has 0 bridgehead atoms. The lowest BCUT2D eigenvalue weighted by Gasteiger charge is -2.36. The fourth-order valence-corrected chi connectivity index (χ4v) is 2.76. The summed E-state index contributed by atoms with van der Waals surface area (Å²) >= 11 is 0. The number of piperazine rings is 1. The minimum atomic E-state index is 0.659. The predicted molar refractivity (Wildman–Crippen MR) is 80.3 cm³/mol. The molecule has 2 heterocycles. The standard InChI is InChI=1S/C15H26N4/c1-2-5-14(12-16)13-18-8-10-19(11-9-18)15-6-3-4-7-17-15/h3-4,6-7,14H,2,5,8-13,16H2,1H3. The van der Waals surface area contributed by atoms with E-state index < -0.39 is 0 Å². The van der Waals surface area contributed by atoms with E-state index in [4.69, 9.17) is 5.73 Å². The summed E-state index contributed by atoms with van der Waals surface area (Å²) in [6.45, 7) is 8.59. The summed E-state index contributed by atoms with van der Waals surface area (Å²) in [6.07, 6.45) is 4.35. The Bertz CT molecular complexity index is 346. The van der Waals surface area contributed by atoms with Crippen molar-refractivity contribution in [2.45, 2.75) is 19.8 Å². The molecule has 1 aromatic rings. The molecule has 1 atom stereocenters. The van der Waals surface area contributed by atoms with Crippen LogP contribution in [0.1, 0.15) is 19.8 Å². The molecule has 2 N–H and O–H groups in total. The van der Waals surface area contributed by atoms with Crippen molar-refractivity contribution < 1.29 is 0 Å². The first-order valence-electron chi connectivity index (χ1n) is 7.42. The Morgan fingerprint density at radius 2 is 2.05 bits per heavy atom. The van der Waals surface area contributed by atoms with Gasteiger partial charge < -0.3 is 10.6 Å². The zero-order chi connectivity index (χ0) is 13.5. The Hall–Kier alpha value is -1.13. The molecule has 0 spiro atoms. The van der Waals surface area contributed by atoms with Crippen LogP contribution in [-0.2, 0) is 0 Å². The van der Waals surface area contributed by atoms with Gasteiger partial charge in [-0.2, -0.15) is 0 Å². The van der Waals surface area contributed by atoms with E-state index in [1.54, 1.807) is 0 Å². The van der Waals surface area contributed by atoms with E-state index in [-0.39, 0.29) is 0 Å². The van der Waals surface area contributed by atoms with Gasteiger partial charge in [-0.3, -0.25) is 4.90 Å². The van der Waals surface area contributed by atoms with E-state index in [0.29, 0.717) is 5.92 Å². The van der Waals surface area contributed by atoms with Gasteiger partial charge in [0.05, 0.1) is 0 Å². The molecule has 1 aliphatic rings. The van der Waals surface area contributed by atoms with Gasteiger partial charge in [0.2, 0.25) is 0 Å². The van der Waals surface area contributed by atoms with Crippen molar-refractivity contribution in [1.82, 2.24) is 9.88 Å². The second-order valence-electron chi connectivity index (χ2n) is 5.37. The van der Waals surface area contributed by atoms with Crippen molar-refractivity contribution in [3.05, 3.63) is 24.4 Å². The van der Waals surface area contributed by atoms with Crippen LogP contribution in [0.4, 0.5) is 5.82 Å². The first-order valence-corrected chi connectivity index (χ1v) is 7.42. The lowest BCUT2D eigenvalue weighted by atomic mass is 10.0. The Balaban J connectivity index is 1.79. The van der Waals surface area contributed by atoms with E-state index in [2.05, 4.69) is 33.8 Å². The summed E-state index contributed by atoms with van der Waals surface area (Å²) in [5.74, 6) is 1.76. The molecule has 4 nitrogen and oxygen atoms in total. The van der Waals surface area contributed by atoms with Gasteiger partial charge in [-0.1, -0.05) is 19.4 Å². The van der Waals surface area contributed by atoms with Crippen LogP contribution in [0.5, 0.6) is 0 Å². The number of nitrogens with zero attached hydrogens (tertiary/aromatic N) is 3. The molecule has 0 radical (unpaired) electrons. The molecule has 0 saturated carbocycles. The average Bonchev–Trinajstić information content (AvgIpc) is 2.48. The number of pyridine rings is 1. The van der Waals surface area contributed by atoms with E-state index >= 15 is 0 Å². The third-order valence-corrected chi connectivity index (χ3v) is 3.89. The molecule has 1 saturated heterocycles. The van der Waals surface area contributed by atoms with Crippen LogP contribution in [0, 0.1) is 5.92 Å². The fraction of sp³-hybridized carbons (Fsp3) is 0.667. The number of hydrogen-bond acceptors (Lipinski definition) is 4. The van der Waals surface area contributed by atoms with Gasteiger partial charge >= 0.3 is 0 Å². The maximum atomic E-state index is 5.85. The minimum absolute atomic E-state index is 0.659. The van der Waals surface area contributed by atoms with Crippen molar-refractivity contribution in [3.8, 4) is 0 Å². The van der Waals surface area contributed by atoms with Crippen molar-refractivity contribution in [2.24, 2.45) is 11.7 Å². The van der Waals surface area contributed by atoms with E-state index in [1.807, 2.05) is 12.3 Å². The number of anilines is 1. The summed E-state index contributed by atoms with van der Waals surface area (Å²) in [5.41, 5.74) is 5.85. The van der Waals surface area contributed by atoms with Crippen LogP contribution in [0.25, 0.3) is 0 Å². The van der Waals surface area contributed by atoms with Gasteiger partial charge in [-0.25, -0.2) is 4.98 Å². The van der Waals surface area contributed by atoms with E-state index in [9.17, 15) is 0 Å². The van der Waals surface area contributed by atoms with E-state index in [0.717, 1.165) is 45.1 Å². The van der Waals surface area contributed by atoms with Gasteiger partial charge in [0.25, 0.3) is 0 Å². The lowest BCUT2D eigenvalue weighted by Crippen LogP contribution is -2.48. The third kappa shape index (κ3) is 4.18. The van der Waals surface area contributed by atoms with Crippen LogP contribution in [0.2, 0.25) is 0 Å². The van der Waals surface area contributed by atoms with Crippen LogP contribution in [-0.4, -0.2) is 49.2 Å². The average molecular weight is 262 g/mol. The van der Waals surface area contributed by atoms with Crippen LogP contribution >= 0.6 is 0 Å². The Labute approximate surface area is 116 Å². The molecule has 106 valence electrons. The van der Waals surface area contributed by atoms with Gasteiger partial charge in [0.15, 0.2) is 0 Å². The highest BCUT2D eigenvalue weighted by molar-refractivity contribution is 5.38. The Kier molecular flexibility index (Phi) is 5.61. The number of nitrogens with two attached hydrogens (primary N) is 1. The highest BCUT2D eigenvalue weighted by atomic mass is 15.3. The predicted octanol–water partition coefficient (Wildman–Crippen LogP) is 1.58. The summed E-state index contributed by atoms with van der Waals surface area (Å²) in [4.78, 5) is 9.34. The zero-order valence-electron chi connectivity index (χ0n) is 12.0. The van der Waals surface area contributed by atoms with Crippen LogP contribution in [0.3, 0.4) is 0 Å². The normalized spacial score (nSPS) is 18.5. The number of hydrogen-bond donors (Lipinski definition) is 1. The smallest absolute Gasteiger partial charge is 0.128 e. The second kappa shape index (κ2) is 7.46. The lowest BCUT2D eigenvalue weighted by molar-refractivity contribution is 0.214. The molecule has 0 aromatic carbocycles. The van der Waals surface area contributed by atoms with Gasteiger partial charge in [0, 0.05) is 38.9 Å². The summed E-state index contributed by atoms with van der Waals surface area (Å²) in [7, 11) is 0. The van der Waals surface area contributed by atoms with Crippen molar-refractivity contribution in [3.63, 3.8) is 0 Å². The zero-order valence-corrected chi connectivity index (χ0v) is 12.0. The quantitative estimate of drug-likeness (QED) is 0.845.